The van der Waals surface area contributed by atoms with Gasteiger partial charge in [0.2, 0.25) is 5.69 Å². The average molecular weight is 619 g/mol. The van der Waals surface area contributed by atoms with Gasteiger partial charge in [0, 0.05) is 0 Å². The number of nitriles is 1. The molecule has 0 unspecified atom stereocenters. The van der Waals surface area contributed by atoms with Crippen molar-refractivity contribution in [3.8, 4) is 34.6 Å². The molecule has 3 aromatic carbocycles. The smallest absolute Gasteiger partial charge is 0.465 e. The number of imidazole rings is 1. The molecule has 0 amide bonds. The van der Waals surface area contributed by atoms with Crippen LogP contribution in [0, 0.1) is 16.2 Å². The summed E-state index contributed by atoms with van der Waals surface area (Å²) in [5.74, 6) is -1.25. The minimum Gasteiger partial charge on any atom is -0.465 e. The summed E-state index contributed by atoms with van der Waals surface area (Å²) in [6.45, 7) is 2.11. The first kappa shape index (κ1) is 30.9. The summed E-state index contributed by atoms with van der Waals surface area (Å²) in [4.78, 5) is 44.6. The number of carbonyl (C=O) groups is 1. The molecule has 0 aliphatic heterocycles. The maximum atomic E-state index is 13.2. The molecule has 3 aromatic heterocycles. The molecule has 0 aliphatic carbocycles. The number of esters is 1. The van der Waals surface area contributed by atoms with Crippen LogP contribution in [0.1, 0.15) is 34.2 Å². The van der Waals surface area contributed by atoms with Gasteiger partial charge in [0.05, 0.1) is 29.7 Å². The predicted molar refractivity (Wildman–Crippen MR) is 147 cm³/mol. The van der Waals surface area contributed by atoms with Crippen LogP contribution in [0.3, 0.4) is 0 Å². The molecule has 0 atom stereocenters. The van der Waals surface area contributed by atoms with Crippen molar-refractivity contribution in [3.05, 3.63) is 105 Å². The number of benzene rings is 3. The van der Waals surface area contributed by atoms with Crippen LogP contribution >= 0.6 is 0 Å². The van der Waals surface area contributed by atoms with E-state index >= 15 is 0 Å². The van der Waals surface area contributed by atoms with Crippen molar-refractivity contribution < 1.29 is 79.4 Å². The number of hydrogen-bond acceptors (Lipinski definition) is 10. The van der Waals surface area contributed by atoms with Crippen LogP contribution in [-0.2, 0) is 17.9 Å². The molecule has 1 N–H and O–H groups in total. The van der Waals surface area contributed by atoms with E-state index in [2.05, 4.69) is 29.4 Å². The average Bonchev–Trinajstić information content (AvgIpc) is 3.72. The van der Waals surface area contributed by atoms with Gasteiger partial charge in [-0.2, -0.15) is 10.2 Å². The Kier molecular flexibility index (Phi) is 9.37. The SMILES string of the molecule is CCOc1nc2cccc(C(=O)OCc3[nH]o[n+](=O)c3C#N)c2n1Cc1ccc(-c2ccccc2-c2noc(=O)[n-]2)cc1.[K+]. The number of para-hydroxylation sites is 1. The molecule has 3 heterocycles. The minimum atomic E-state index is -0.761. The first-order valence-corrected chi connectivity index (χ1v) is 13.0. The summed E-state index contributed by atoms with van der Waals surface area (Å²) < 4.78 is 22.2. The normalized spacial score (nSPS) is 10.7. The van der Waals surface area contributed by atoms with E-state index in [-0.39, 0.29) is 85.4 Å². The van der Waals surface area contributed by atoms with E-state index < -0.39 is 11.7 Å². The monoisotopic (exact) mass is 618 g/mol. The summed E-state index contributed by atoms with van der Waals surface area (Å²) in [7, 11) is 0. The zero-order valence-electron chi connectivity index (χ0n) is 23.5. The molecule has 0 aliphatic rings. The topological polar surface area (TPSA) is 186 Å². The van der Waals surface area contributed by atoms with E-state index in [0.29, 0.717) is 35.8 Å². The quantitative estimate of drug-likeness (QED) is 0.172. The number of H-pyrrole nitrogens is 1. The molecule has 0 saturated heterocycles. The third-order valence-electron chi connectivity index (χ3n) is 6.58. The maximum absolute atomic E-state index is 13.2. The van der Waals surface area contributed by atoms with Gasteiger partial charge in [-0.05, 0) is 52.0 Å². The second-order valence-electron chi connectivity index (χ2n) is 9.18. The fourth-order valence-electron chi connectivity index (χ4n) is 4.66. The molecule has 0 bridgehead atoms. The minimum absolute atomic E-state index is 0. The molecule has 0 radical (unpaired) electrons. The van der Waals surface area contributed by atoms with Gasteiger partial charge in [-0.25, -0.2) is 9.59 Å². The van der Waals surface area contributed by atoms with E-state index in [1.807, 2.05) is 55.5 Å². The van der Waals surface area contributed by atoms with Gasteiger partial charge in [0.25, 0.3) is 6.01 Å². The van der Waals surface area contributed by atoms with Crippen LogP contribution in [0.15, 0.2) is 80.7 Å². The molecule has 0 saturated carbocycles. The maximum Gasteiger partial charge on any atom is 1.00 e. The Balaban J connectivity index is 0.00000384. The van der Waals surface area contributed by atoms with Crippen LogP contribution in [0.4, 0.5) is 0 Å². The molecular formula is C29H21KN7O7+. The van der Waals surface area contributed by atoms with Crippen molar-refractivity contribution in [1.29, 1.82) is 5.26 Å². The second-order valence-corrected chi connectivity index (χ2v) is 9.18. The Morgan fingerprint density at radius 3 is 2.59 bits per heavy atom. The Morgan fingerprint density at radius 1 is 1.11 bits per heavy atom. The third-order valence-corrected chi connectivity index (χ3v) is 6.58. The van der Waals surface area contributed by atoms with Gasteiger partial charge in [-0.3, -0.25) is 9.72 Å². The second kappa shape index (κ2) is 13.4. The zero-order chi connectivity index (χ0) is 29.9. The number of aromatic nitrogens is 6. The Bertz CT molecular complexity index is 2120. The molecule has 6 aromatic rings. The van der Waals surface area contributed by atoms with Crippen molar-refractivity contribution in [1.82, 2.24) is 24.8 Å². The van der Waals surface area contributed by atoms with Crippen molar-refractivity contribution in [2.45, 2.75) is 20.1 Å². The van der Waals surface area contributed by atoms with Crippen LogP contribution in [0.5, 0.6) is 6.01 Å². The van der Waals surface area contributed by atoms with Gasteiger partial charge in [-0.15, -0.1) is 0 Å². The third kappa shape index (κ3) is 6.07. The number of nitrogens with one attached hydrogen (secondary N) is 1. The van der Waals surface area contributed by atoms with Crippen LogP contribution in [0.2, 0.25) is 0 Å². The van der Waals surface area contributed by atoms with Crippen LogP contribution in [-0.4, -0.2) is 32.4 Å². The van der Waals surface area contributed by atoms with Crippen molar-refractivity contribution in [3.63, 3.8) is 0 Å². The molecule has 214 valence electrons. The number of aromatic amines is 1. The molecule has 0 spiro atoms. The fraction of sp³-hybridized carbons (Fsp3) is 0.138. The molecule has 6 rings (SSSR count). The van der Waals surface area contributed by atoms with Crippen molar-refractivity contribution in [2.24, 2.45) is 0 Å². The number of carbonyl (C=O) groups excluding carboxylic acids is 1. The van der Waals surface area contributed by atoms with Gasteiger partial charge in [0.15, 0.2) is 17.3 Å². The van der Waals surface area contributed by atoms with E-state index in [0.717, 1.165) is 16.7 Å². The number of fused-ring (bicyclic) bond motifs is 1. The molecule has 15 heteroatoms. The largest absolute Gasteiger partial charge is 1.00 e. The van der Waals surface area contributed by atoms with Gasteiger partial charge >= 0.3 is 68.8 Å². The van der Waals surface area contributed by atoms with Crippen molar-refractivity contribution in [2.75, 3.05) is 6.61 Å². The van der Waals surface area contributed by atoms with E-state index in [9.17, 15) is 14.5 Å². The fourth-order valence-corrected chi connectivity index (χ4v) is 4.66. The first-order valence-electron chi connectivity index (χ1n) is 13.0. The Morgan fingerprint density at radius 2 is 1.89 bits per heavy atom. The molecule has 0 fully saturated rings. The van der Waals surface area contributed by atoms with E-state index in [4.69, 9.17) is 14.7 Å². The zero-order valence-corrected chi connectivity index (χ0v) is 26.6. The number of rotatable bonds is 9. The predicted octanol–water partition coefficient (Wildman–Crippen LogP) is 0.191. The van der Waals surface area contributed by atoms with Gasteiger partial charge in [-0.1, -0.05) is 64.4 Å². The summed E-state index contributed by atoms with van der Waals surface area (Å²) in [6.07, 6.45) is 0. The number of nitrogens with zero attached hydrogens (tertiary/aromatic N) is 6. The molecule has 14 nitrogen and oxygen atoms in total. The van der Waals surface area contributed by atoms with E-state index in [1.165, 1.54) is 0 Å². The Labute approximate surface area is 290 Å². The standard InChI is InChI=1S/C29H21N7O7.K/c1-2-40-28-31-22-9-5-8-21(27(37)41-16-23-24(14-30)36(39)43-33-23)25(22)35(28)15-17-10-12-18(13-11-17)19-6-3-4-7-20(19)26-32-29(38)42-34-26;/h3-13H,2,15-16H2,1H3,(H-,32,33,34,38,39);/q;+1. The van der Waals surface area contributed by atoms with Gasteiger partial charge < -0.3 is 19.0 Å². The van der Waals surface area contributed by atoms with Crippen LogP contribution < -0.4 is 71.5 Å². The first-order chi connectivity index (χ1) is 21.0. The summed E-state index contributed by atoms with van der Waals surface area (Å²) in [5.41, 5.74) is 4.15. The Hall–Kier alpha value is -4.59. The summed E-state index contributed by atoms with van der Waals surface area (Å²) in [5, 5.41) is 15.2. The number of hydrogen-bond donors (Lipinski definition) is 1. The summed E-state index contributed by atoms with van der Waals surface area (Å²) >= 11 is 0. The van der Waals surface area contributed by atoms with Crippen LogP contribution in [0.25, 0.3) is 33.5 Å². The molecule has 44 heavy (non-hydrogen) atoms. The summed E-state index contributed by atoms with van der Waals surface area (Å²) in [6, 6.07) is 22.2. The number of ether oxygens (including phenoxy) is 2. The molecular weight excluding hydrogens is 597 g/mol. The van der Waals surface area contributed by atoms with E-state index in [1.54, 1.807) is 28.8 Å². The van der Waals surface area contributed by atoms with Gasteiger partial charge in [0.1, 0.15) is 0 Å². The van der Waals surface area contributed by atoms with Crippen molar-refractivity contribution >= 4 is 17.0 Å².